The lowest BCUT2D eigenvalue weighted by Crippen LogP contribution is -2.50. The highest BCUT2D eigenvalue weighted by Crippen LogP contribution is 2.27. The molecule has 2 atom stereocenters. The molecule has 0 spiro atoms. The van der Waals surface area contributed by atoms with Crippen LogP contribution in [0.1, 0.15) is 33.6 Å². The van der Waals surface area contributed by atoms with Gasteiger partial charge in [0, 0.05) is 6.04 Å². The molecule has 0 aliphatic carbocycles. The number of nitrogens with zero attached hydrogens (tertiary/aromatic N) is 1. The normalized spacial score (nSPS) is 31.2. The highest BCUT2D eigenvalue weighted by atomic mass is 15.2. The molecule has 1 heterocycles. The van der Waals surface area contributed by atoms with Crippen molar-refractivity contribution in [1.82, 2.24) is 4.90 Å². The molecule has 0 aromatic heterocycles. The molecular formula is C11H24N2. The molecule has 78 valence electrons. The number of likely N-dealkylation sites (tertiary alicyclic amines) is 1. The maximum absolute atomic E-state index is 5.82. The van der Waals surface area contributed by atoms with Gasteiger partial charge < -0.3 is 10.6 Å². The molecule has 0 unspecified atom stereocenters. The maximum Gasteiger partial charge on any atom is 0.0158 e. The van der Waals surface area contributed by atoms with Gasteiger partial charge in [-0.05, 0) is 44.3 Å². The van der Waals surface area contributed by atoms with Gasteiger partial charge in [0.25, 0.3) is 0 Å². The third-order valence-electron chi connectivity index (χ3n) is 3.32. The van der Waals surface area contributed by atoms with E-state index in [1.807, 2.05) is 0 Å². The van der Waals surface area contributed by atoms with Gasteiger partial charge in [-0.1, -0.05) is 20.8 Å². The van der Waals surface area contributed by atoms with Gasteiger partial charge in [0.2, 0.25) is 0 Å². The van der Waals surface area contributed by atoms with Crippen LogP contribution in [0.2, 0.25) is 0 Å². The van der Waals surface area contributed by atoms with Crippen molar-refractivity contribution in [3.05, 3.63) is 0 Å². The minimum Gasteiger partial charge on any atom is -0.330 e. The number of hydrogen-bond donors (Lipinski definition) is 1. The minimum atomic E-state index is 0.726. The van der Waals surface area contributed by atoms with Crippen LogP contribution in [0.4, 0.5) is 0 Å². The molecule has 0 saturated carbocycles. The number of piperidine rings is 1. The summed E-state index contributed by atoms with van der Waals surface area (Å²) >= 11 is 0. The smallest absolute Gasteiger partial charge is 0.0158 e. The summed E-state index contributed by atoms with van der Waals surface area (Å²) < 4.78 is 0. The summed E-state index contributed by atoms with van der Waals surface area (Å²) in [6.45, 7) is 10.2. The van der Waals surface area contributed by atoms with Crippen molar-refractivity contribution in [2.24, 2.45) is 17.6 Å². The zero-order valence-corrected chi connectivity index (χ0v) is 9.29. The zero-order chi connectivity index (χ0) is 9.84. The Morgan fingerprint density at radius 1 is 1.46 bits per heavy atom. The fourth-order valence-corrected chi connectivity index (χ4v) is 2.77. The van der Waals surface area contributed by atoms with Crippen molar-refractivity contribution in [3.63, 3.8) is 0 Å². The Morgan fingerprint density at radius 3 is 2.62 bits per heavy atom. The van der Waals surface area contributed by atoms with Crippen LogP contribution >= 0.6 is 0 Å². The predicted molar refractivity (Wildman–Crippen MR) is 57.7 cm³/mol. The summed E-state index contributed by atoms with van der Waals surface area (Å²) in [5, 5.41) is 0. The second kappa shape index (κ2) is 4.97. The molecule has 0 aromatic carbocycles. The van der Waals surface area contributed by atoms with Gasteiger partial charge in [-0.25, -0.2) is 0 Å². The minimum absolute atomic E-state index is 0.726. The fraction of sp³-hybridized carbons (Fsp3) is 1.00. The van der Waals surface area contributed by atoms with E-state index in [1.165, 1.54) is 25.9 Å². The van der Waals surface area contributed by atoms with E-state index < -0.39 is 0 Å². The molecule has 0 amide bonds. The van der Waals surface area contributed by atoms with Gasteiger partial charge in [-0.15, -0.1) is 0 Å². The first-order valence-corrected chi connectivity index (χ1v) is 5.64. The Hall–Kier alpha value is -0.0800. The van der Waals surface area contributed by atoms with Gasteiger partial charge in [0.1, 0.15) is 0 Å². The Bertz CT molecular complexity index is 133. The molecule has 2 heteroatoms. The van der Waals surface area contributed by atoms with Crippen LogP contribution in [0.15, 0.2) is 0 Å². The molecule has 1 saturated heterocycles. The van der Waals surface area contributed by atoms with E-state index in [4.69, 9.17) is 5.73 Å². The predicted octanol–water partition coefficient (Wildman–Crippen LogP) is 1.70. The van der Waals surface area contributed by atoms with E-state index >= 15 is 0 Å². The van der Waals surface area contributed by atoms with Crippen molar-refractivity contribution >= 4 is 0 Å². The summed E-state index contributed by atoms with van der Waals surface area (Å²) in [5.41, 5.74) is 5.82. The van der Waals surface area contributed by atoms with E-state index in [1.54, 1.807) is 0 Å². The topological polar surface area (TPSA) is 29.3 Å². The summed E-state index contributed by atoms with van der Waals surface area (Å²) in [6.07, 6.45) is 2.66. The average molecular weight is 184 g/mol. The Labute approximate surface area is 82.5 Å². The highest BCUT2D eigenvalue weighted by Gasteiger charge is 2.31. The van der Waals surface area contributed by atoms with Gasteiger partial charge in [0.15, 0.2) is 0 Å². The first-order chi connectivity index (χ1) is 6.20. The van der Waals surface area contributed by atoms with Crippen LogP contribution in [0, 0.1) is 11.8 Å². The summed E-state index contributed by atoms with van der Waals surface area (Å²) in [5.74, 6) is 1.47. The van der Waals surface area contributed by atoms with E-state index in [0.717, 1.165) is 24.4 Å². The van der Waals surface area contributed by atoms with Crippen molar-refractivity contribution in [2.45, 2.75) is 39.7 Å². The highest BCUT2D eigenvalue weighted by molar-refractivity contribution is 4.86. The van der Waals surface area contributed by atoms with Crippen molar-refractivity contribution in [2.75, 3.05) is 19.6 Å². The zero-order valence-electron chi connectivity index (χ0n) is 9.29. The first-order valence-electron chi connectivity index (χ1n) is 5.64. The maximum atomic E-state index is 5.82. The molecule has 1 aliphatic heterocycles. The summed E-state index contributed by atoms with van der Waals surface area (Å²) in [6, 6.07) is 0.726. The Kier molecular flexibility index (Phi) is 4.20. The fourth-order valence-electron chi connectivity index (χ4n) is 2.77. The third kappa shape index (κ3) is 2.44. The summed E-state index contributed by atoms with van der Waals surface area (Å²) in [4.78, 5) is 2.60. The molecule has 13 heavy (non-hydrogen) atoms. The summed E-state index contributed by atoms with van der Waals surface area (Å²) in [7, 11) is 0. The second-order valence-corrected chi connectivity index (χ2v) is 4.50. The van der Waals surface area contributed by atoms with Crippen LogP contribution in [0.5, 0.6) is 0 Å². The SMILES string of the molecule is CCN1CCC[C@H](CN)[C@H]1C(C)C. The van der Waals surface area contributed by atoms with Crippen LogP contribution < -0.4 is 5.73 Å². The monoisotopic (exact) mass is 184 g/mol. The molecular weight excluding hydrogens is 160 g/mol. The lowest BCUT2D eigenvalue weighted by atomic mass is 9.83. The standard InChI is InChI=1S/C11H24N2/c1-4-13-7-5-6-10(8-12)11(13)9(2)3/h9-11H,4-8,12H2,1-3H3/t10-,11-/m1/s1. The number of rotatable bonds is 3. The van der Waals surface area contributed by atoms with E-state index in [-0.39, 0.29) is 0 Å². The molecule has 2 nitrogen and oxygen atoms in total. The molecule has 2 N–H and O–H groups in total. The van der Waals surface area contributed by atoms with Gasteiger partial charge >= 0.3 is 0 Å². The second-order valence-electron chi connectivity index (χ2n) is 4.50. The van der Waals surface area contributed by atoms with E-state index in [2.05, 4.69) is 25.7 Å². The van der Waals surface area contributed by atoms with Gasteiger partial charge in [-0.3, -0.25) is 0 Å². The van der Waals surface area contributed by atoms with Crippen LogP contribution in [-0.2, 0) is 0 Å². The molecule has 1 fully saturated rings. The largest absolute Gasteiger partial charge is 0.330 e. The van der Waals surface area contributed by atoms with Crippen LogP contribution in [0.3, 0.4) is 0 Å². The molecule has 1 aliphatic rings. The quantitative estimate of drug-likeness (QED) is 0.723. The molecule has 0 aromatic rings. The van der Waals surface area contributed by atoms with Crippen molar-refractivity contribution in [1.29, 1.82) is 0 Å². The van der Waals surface area contributed by atoms with Crippen molar-refractivity contribution < 1.29 is 0 Å². The van der Waals surface area contributed by atoms with E-state index in [9.17, 15) is 0 Å². The third-order valence-corrected chi connectivity index (χ3v) is 3.32. The Balaban J connectivity index is 2.64. The van der Waals surface area contributed by atoms with Crippen LogP contribution in [0.25, 0.3) is 0 Å². The molecule has 1 rings (SSSR count). The molecule has 0 radical (unpaired) electrons. The van der Waals surface area contributed by atoms with Gasteiger partial charge in [0.05, 0.1) is 0 Å². The van der Waals surface area contributed by atoms with Crippen molar-refractivity contribution in [3.8, 4) is 0 Å². The number of nitrogens with two attached hydrogens (primary N) is 1. The molecule has 0 bridgehead atoms. The lowest BCUT2D eigenvalue weighted by molar-refractivity contribution is 0.0683. The lowest BCUT2D eigenvalue weighted by Gasteiger charge is -2.43. The Morgan fingerprint density at radius 2 is 2.15 bits per heavy atom. The average Bonchev–Trinajstić information content (AvgIpc) is 2.16. The van der Waals surface area contributed by atoms with E-state index in [0.29, 0.717) is 0 Å². The van der Waals surface area contributed by atoms with Crippen LogP contribution in [-0.4, -0.2) is 30.6 Å². The van der Waals surface area contributed by atoms with Gasteiger partial charge in [-0.2, -0.15) is 0 Å². The number of hydrogen-bond acceptors (Lipinski definition) is 2. The first kappa shape index (κ1) is 11.0.